The number of ether oxygens (including phenoxy) is 3. The van der Waals surface area contributed by atoms with E-state index in [1.54, 1.807) is 0 Å². The van der Waals surface area contributed by atoms with Gasteiger partial charge in [-0.1, -0.05) is 6.92 Å². The Morgan fingerprint density at radius 3 is 2.00 bits per heavy atom. The number of carbonyl (C=O) groups excluding carboxylic acids is 4. The Morgan fingerprint density at radius 2 is 1.58 bits per heavy atom. The quantitative estimate of drug-likeness (QED) is 0.394. The molecule has 1 atom stereocenters. The summed E-state index contributed by atoms with van der Waals surface area (Å²) in [4.78, 5) is 46.1. The summed E-state index contributed by atoms with van der Waals surface area (Å²) in [6.45, 7) is 1.24. The van der Waals surface area contributed by atoms with Crippen LogP contribution >= 0.6 is 0 Å². The Morgan fingerprint density at radius 1 is 1.00 bits per heavy atom. The van der Waals surface area contributed by atoms with Crippen molar-refractivity contribution in [3.63, 3.8) is 0 Å². The maximum absolute atomic E-state index is 11.7. The van der Waals surface area contributed by atoms with E-state index in [-0.39, 0.29) is 6.54 Å². The van der Waals surface area contributed by atoms with Crippen LogP contribution in [0, 0.1) is 5.92 Å². The van der Waals surface area contributed by atoms with Crippen molar-refractivity contribution in [2.45, 2.75) is 13.3 Å². The van der Waals surface area contributed by atoms with E-state index >= 15 is 0 Å². The first-order chi connectivity index (χ1) is 8.87. The molecule has 0 aliphatic heterocycles. The zero-order chi connectivity index (χ0) is 15.0. The van der Waals surface area contributed by atoms with E-state index in [9.17, 15) is 19.2 Å². The zero-order valence-electron chi connectivity index (χ0n) is 11.3. The van der Waals surface area contributed by atoms with Crippen LogP contribution < -0.4 is 0 Å². The summed E-state index contributed by atoms with van der Waals surface area (Å²) in [5.74, 6) is -2.91. The van der Waals surface area contributed by atoms with Crippen LogP contribution in [0.25, 0.3) is 0 Å². The van der Waals surface area contributed by atoms with Crippen LogP contribution in [0.4, 0.5) is 4.79 Å². The number of amides is 2. The van der Waals surface area contributed by atoms with Crippen molar-refractivity contribution in [3.05, 3.63) is 0 Å². The Kier molecular flexibility index (Phi) is 7.16. The van der Waals surface area contributed by atoms with Gasteiger partial charge in [-0.15, -0.1) is 0 Å². The number of esters is 2. The fraction of sp³-hybridized carbons (Fsp3) is 0.636. The molecule has 0 heterocycles. The third kappa shape index (κ3) is 5.36. The van der Waals surface area contributed by atoms with E-state index in [4.69, 9.17) is 0 Å². The molecule has 0 saturated heterocycles. The summed E-state index contributed by atoms with van der Waals surface area (Å²) in [5.41, 5.74) is 0. The molecule has 8 nitrogen and oxygen atoms in total. The van der Waals surface area contributed by atoms with E-state index in [1.807, 2.05) is 0 Å². The van der Waals surface area contributed by atoms with E-state index in [0.29, 0.717) is 4.90 Å². The smallest absolute Gasteiger partial charge is 0.416 e. The lowest BCUT2D eigenvalue weighted by Crippen LogP contribution is -2.42. The molecular formula is C11H17NO7. The minimum absolute atomic E-state index is 0.241. The van der Waals surface area contributed by atoms with Gasteiger partial charge in [-0.25, -0.2) is 9.69 Å². The van der Waals surface area contributed by atoms with Crippen molar-refractivity contribution in [2.75, 3.05) is 27.9 Å². The van der Waals surface area contributed by atoms with Crippen LogP contribution in [0.15, 0.2) is 0 Å². The Labute approximate surface area is 110 Å². The Bertz CT molecular complexity index is 366. The molecule has 0 saturated carbocycles. The predicted octanol–water partition coefficient (Wildman–Crippen LogP) is -0.0464. The number of hydrogen-bond acceptors (Lipinski definition) is 7. The first-order valence-electron chi connectivity index (χ1n) is 5.40. The lowest BCUT2D eigenvalue weighted by Gasteiger charge is -2.21. The first kappa shape index (κ1) is 16.9. The monoisotopic (exact) mass is 275 g/mol. The molecule has 0 radical (unpaired) electrons. The third-order valence-corrected chi connectivity index (χ3v) is 2.28. The number of carbonyl (C=O) groups is 4. The first-order valence-corrected chi connectivity index (χ1v) is 5.40. The van der Waals surface area contributed by atoms with Crippen molar-refractivity contribution >= 4 is 23.9 Å². The number of methoxy groups -OCH3 is 3. The van der Waals surface area contributed by atoms with Crippen molar-refractivity contribution in [1.82, 2.24) is 4.90 Å². The van der Waals surface area contributed by atoms with Crippen molar-refractivity contribution in [3.8, 4) is 0 Å². The van der Waals surface area contributed by atoms with Crippen LogP contribution in [0.5, 0.6) is 0 Å². The van der Waals surface area contributed by atoms with E-state index in [1.165, 1.54) is 14.0 Å². The average molecular weight is 275 g/mol. The summed E-state index contributed by atoms with van der Waals surface area (Å²) in [6, 6.07) is 0. The second kappa shape index (κ2) is 8.06. The maximum Gasteiger partial charge on any atom is 0.416 e. The highest BCUT2D eigenvalue weighted by Gasteiger charge is 2.28. The van der Waals surface area contributed by atoms with Crippen LogP contribution in [-0.2, 0) is 28.6 Å². The molecule has 0 N–H and O–H groups in total. The number of hydrogen-bond donors (Lipinski definition) is 0. The molecule has 108 valence electrons. The van der Waals surface area contributed by atoms with E-state index in [2.05, 4.69) is 14.2 Å². The molecule has 2 amide bonds. The zero-order valence-corrected chi connectivity index (χ0v) is 11.3. The van der Waals surface area contributed by atoms with E-state index in [0.717, 1.165) is 14.2 Å². The van der Waals surface area contributed by atoms with Gasteiger partial charge in [0.15, 0.2) is 0 Å². The second-order valence-corrected chi connectivity index (χ2v) is 3.65. The van der Waals surface area contributed by atoms with E-state index < -0.39 is 36.3 Å². The van der Waals surface area contributed by atoms with Crippen LogP contribution in [-0.4, -0.2) is 56.7 Å². The lowest BCUT2D eigenvalue weighted by molar-refractivity contribution is -0.147. The molecule has 0 aromatic rings. The molecule has 0 aliphatic carbocycles. The normalized spacial score (nSPS) is 11.2. The minimum Gasteiger partial charge on any atom is -0.469 e. The van der Waals surface area contributed by atoms with Crippen LogP contribution in [0.2, 0.25) is 0 Å². The highest BCUT2D eigenvalue weighted by Crippen LogP contribution is 2.07. The predicted molar refractivity (Wildman–Crippen MR) is 61.9 cm³/mol. The largest absolute Gasteiger partial charge is 0.469 e. The minimum atomic E-state index is -0.954. The second-order valence-electron chi connectivity index (χ2n) is 3.65. The number of imide groups is 1. The van der Waals surface area contributed by atoms with Gasteiger partial charge in [0.25, 0.3) is 0 Å². The van der Waals surface area contributed by atoms with Gasteiger partial charge in [0.1, 0.15) is 6.42 Å². The van der Waals surface area contributed by atoms with Gasteiger partial charge in [0, 0.05) is 6.54 Å². The molecule has 0 fully saturated rings. The molecule has 19 heavy (non-hydrogen) atoms. The molecule has 8 heteroatoms. The molecule has 0 aromatic heterocycles. The number of nitrogens with zero attached hydrogens (tertiary/aromatic N) is 1. The molecular weight excluding hydrogens is 258 g/mol. The maximum atomic E-state index is 11.7. The summed E-state index contributed by atoms with van der Waals surface area (Å²) in [5, 5.41) is 0. The molecule has 0 spiro atoms. The van der Waals surface area contributed by atoms with Crippen molar-refractivity contribution in [2.24, 2.45) is 5.92 Å². The standard InChI is InChI=1S/C11H17NO7/c1-7(10(15)18-3)6-12(11(16)19-4)8(13)5-9(14)17-2/h7H,5-6H2,1-4H3. The molecule has 1 unspecified atom stereocenters. The highest BCUT2D eigenvalue weighted by atomic mass is 16.5. The van der Waals surface area contributed by atoms with Crippen molar-refractivity contribution in [1.29, 1.82) is 0 Å². The Hall–Kier alpha value is -2.12. The van der Waals surface area contributed by atoms with Gasteiger partial charge in [-0.2, -0.15) is 0 Å². The topological polar surface area (TPSA) is 99.2 Å². The molecule has 0 rings (SSSR count). The molecule has 0 bridgehead atoms. The summed E-state index contributed by atoms with van der Waals surface area (Å²) < 4.78 is 13.2. The van der Waals surface area contributed by atoms with Gasteiger partial charge in [-0.05, 0) is 0 Å². The third-order valence-electron chi connectivity index (χ3n) is 2.28. The lowest BCUT2D eigenvalue weighted by atomic mass is 10.1. The van der Waals surface area contributed by atoms with Crippen LogP contribution in [0.3, 0.4) is 0 Å². The van der Waals surface area contributed by atoms with Gasteiger partial charge in [-0.3, -0.25) is 14.4 Å². The van der Waals surface area contributed by atoms with Gasteiger partial charge in [0.05, 0.1) is 27.2 Å². The highest BCUT2D eigenvalue weighted by molar-refractivity contribution is 6.01. The van der Waals surface area contributed by atoms with Gasteiger partial charge in [0.2, 0.25) is 5.91 Å². The van der Waals surface area contributed by atoms with Crippen LogP contribution in [0.1, 0.15) is 13.3 Å². The summed E-state index contributed by atoms with van der Waals surface area (Å²) >= 11 is 0. The fourth-order valence-electron chi connectivity index (χ4n) is 1.23. The van der Waals surface area contributed by atoms with Gasteiger partial charge < -0.3 is 14.2 Å². The molecule has 0 aromatic carbocycles. The van der Waals surface area contributed by atoms with Gasteiger partial charge >= 0.3 is 18.0 Å². The van der Waals surface area contributed by atoms with Crippen molar-refractivity contribution < 1.29 is 33.4 Å². The SMILES string of the molecule is COC(=O)CC(=O)N(CC(C)C(=O)OC)C(=O)OC. The number of rotatable bonds is 5. The fourth-order valence-corrected chi connectivity index (χ4v) is 1.23. The Balaban J connectivity index is 4.82. The summed E-state index contributed by atoms with van der Waals surface area (Å²) in [6.07, 6.45) is -1.57. The molecule has 0 aliphatic rings. The average Bonchev–Trinajstić information content (AvgIpc) is 2.41. The summed E-state index contributed by atoms with van der Waals surface area (Å²) in [7, 11) is 3.40.